The largest absolute Gasteiger partial charge is 0.493 e. The highest BCUT2D eigenvalue weighted by molar-refractivity contribution is 8.00. The lowest BCUT2D eigenvalue weighted by Gasteiger charge is -2.16. The van der Waals surface area contributed by atoms with Gasteiger partial charge < -0.3 is 4.74 Å². The second-order valence-electron chi connectivity index (χ2n) is 2.06. The molecule has 0 amide bonds. The average molecular weight is 157 g/mol. The molecule has 3 heteroatoms. The summed E-state index contributed by atoms with van der Waals surface area (Å²) in [5, 5.41) is 5.40. The van der Waals surface area contributed by atoms with Gasteiger partial charge in [-0.1, -0.05) is 6.58 Å². The zero-order valence-electron chi connectivity index (χ0n) is 5.80. The van der Waals surface area contributed by atoms with E-state index in [1.54, 1.807) is 6.08 Å². The van der Waals surface area contributed by atoms with E-state index in [4.69, 9.17) is 9.88 Å². The molecule has 0 saturated heterocycles. The van der Waals surface area contributed by atoms with E-state index in [2.05, 4.69) is 6.58 Å². The van der Waals surface area contributed by atoms with E-state index >= 15 is 0 Å². The third-order valence-electron chi connectivity index (χ3n) is 1.41. The van der Waals surface area contributed by atoms with Gasteiger partial charge in [0.1, 0.15) is 5.76 Å². The van der Waals surface area contributed by atoms with Gasteiger partial charge in [-0.2, -0.15) is 0 Å². The van der Waals surface area contributed by atoms with Crippen molar-refractivity contribution >= 4 is 11.9 Å². The van der Waals surface area contributed by atoms with Gasteiger partial charge in [0.25, 0.3) is 0 Å². The smallest absolute Gasteiger partial charge is 0.129 e. The Morgan fingerprint density at radius 3 is 3.00 bits per heavy atom. The minimum atomic E-state index is 0.797. The molecule has 0 atom stereocenters. The topological polar surface area (TPSA) is 35.2 Å². The van der Waals surface area contributed by atoms with Crippen molar-refractivity contribution in [2.75, 3.05) is 6.61 Å². The van der Waals surface area contributed by atoms with E-state index in [1.807, 2.05) is 0 Å². The molecule has 1 heterocycles. The first kappa shape index (κ1) is 7.69. The highest BCUT2D eigenvalue weighted by Crippen LogP contribution is 2.25. The summed E-state index contributed by atoms with van der Waals surface area (Å²) in [6, 6.07) is 0. The maximum absolute atomic E-state index is 5.40. The first-order valence-corrected chi connectivity index (χ1v) is 4.11. The zero-order chi connectivity index (χ0) is 7.40. The van der Waals surface area contributed by atoms with Gasteiger partial charge in [0.15, 0.2) is 0 Å². The summed E-state index contributed by atoms with van der Waals surface area (Å²) in [6.07, 6.45) is 3.81. The summed E-state index contributed by atoms with van der Waals surface area (Å²) in [5.74, 6) is 0.860. The molecule has 10 heavy (non-hydrogen) atoms. The fourth-order valence-electron chi connectivity index (χ4n) is 0.908. The zero-order valence-corrected chi connectivity index (χ0v) is 6.62. The van der Waals surface area contributed by atoms with Crippen LogP contribution in [0.25, 0.3) is 0 Å². The van der Waals surface area contributed by atoms with E-state index in [9.17, 15) is 0 Å². The van der Waals surface area contributed by atoms with Crippen LogP contribution in [0.15, 0.2) is 23.3 Å². The summed E-state index contributed by atoms with van der Waals surface area (Å²) in [5.41, 5.74) is 0. The molecule has 0 fully saturated rings. The lowest BCUT2D eigenvalue weighted by molar-refractivity contribution is 0.204. The third-order valence-corrected chi connectivity index (χ3v) is 2.10. The summed E-state index contributed by atoms with van der Waals surface area (Å²) in [6.45, 7) is 4.43. The molecule has 0 aliphatic carbocycles. The van der Waals surface area contributed by atoms with Crippen molar-refractivity contribution in [3.8, 4) is 0 Å². The maximum Gasteiger partial charge on any atom is 0.129 e. The van der Waals surface area contributed by atoms with Crippen LogP contribution in [0.2, 0.25) is 0 Å². The number of hydrogen-bond acceptors (Lipinski definition) is 3. The van der Waals surface area contributed by atoms with Gasteiger partial charge >= 0.3 is 0 Å². The van der Waals surface area contributed by atoms with Gasteiger partial charge in [0.2, 0.25) is 0 Å². The van der Waals surface area contributed by atoms with Crippen molar-refractivity contribution < 1.29 is 4.74 Å². The van der Waals surface area contributed by atoms with Crippen molar-refractivity contribution in [2.45, 2.75) is 12.8 Å². The van der Waals surface area contributed by atoms with E-state index in [-0.39, 0.29) is 0 Å². The lowest BCUT2D eigenvalue weighted by atomic mass is 10.2. The first-order chi connectivity index (χ1) is 4.88. The third kappa shape index (κ3) is 1.55. The minimum Gasteiger partial charge on any atom is -0.493 e. The summed E-state index contributed by atoms with van der Waals surface area (Å²) in [4.78, 5) is 1.11. The molecule has 0 aromatic carbocycles. The molecule has 0 radical (unpaired) electrons. The van der Waals surface area contributed by atoms with E-state index in [1.165, 1.54) is 11.9 Å². The predicted octanol–water partition coefficient (Wildman–Crippen LogP) is 1.80. The first-order valence-electron chi connectivity index (χ1n) is 3.23. The summed E-state index contributed by atoms with van der Waals surface area (Å²) in [7, 11) is 0. The molecule has 0 aromatic rings. The Morgan fingerprint density at radius 1 is 1.70 bits per heavy atom. The minimum absolute atomic E-state index is 0.797. The molecular formula is C7H11NOS. The molecule has 1 aliphatic heterocycles. The van der Waals surface area contributed by atoms with E-state index in [0.717, 1.165) is 30.1 Å². The van der Waals surface area contributed by atoms with E-state index < -0.39 is 0 Å². The Balaban J connectivity index is 2.72. The van der Waals surface area contributed by atoms with Crippen LogP contribution in [0.4, 0.5) is 0 Å². The van der Waals surface area contributed by atoms with Crippen LogP contribution >= 0.6 is 11.9 Å². The van der Waals surface area contributed by atoms with Crippen molar-refractivity contribution in [1.82, 2.24) is 0 Å². The fraction of sp³-hybridized carbons (Fsp3) is 0.429. The number of rotatable bonds is 2. The Hall–Kier alpha value is -0.410. The Bertz CT molecular complexity index is 165. The van der Waals surface area contributed by atoms with E-state index in [0.29, 0.717) is 0 Å². The van der Waals surface area contributed by atoms with Crippen LogP contribution in [-0.2, 0) is 4.74 Å². The standard InChI is InChI=1S/C7H11NOS/c1-2-6-7(10-8)4-3-5-9-6/h2H,1,3-5,8H2. The maximum atomic E-state index is 5.40. The van der Waals surface area contributed by atoms with Crippen LogP contribution in [-0.4, -0.2) is 6.61 Å². The predicted molar refractivity (Wildman–Crippen MR) is 44.2 cm³/mol. The molecule has 0 aromatic heterocycles. The molecule has 0 saturated carbocycles. The van der Waals surface area contributed by atoms with Crippen LogP contribution < -0.4 is 5.14 Å². The lowest BCUT2D eigenvalue weighted by Crippen LogP contribution is -2.04. The van der Waals surface area contributed by atoms with Crippen molar-refractivity contribution in [3.63, 3.8) is 0 Å². The van der Waals surface area contributed by atoms with Crippen LogP contribution in [0.3, 0.4) is 0 Å². The average Bonchev–Trinajstić information content (AvgIpc) is 2.04. The molecule has 2 N–H and O–H groups in total. The molecule has 1 aliphatic rings. The quantitative estimate of drug-likeness (QED) is 0.621. The second-order valence-corrected chi connectivity index (χ2v) is 2.79. The number of hydrogen-bond donors (Lipinski definition) is 1. The number of nitrogens with two attached hydrogens (primary N) is 1. The van der Waals surface area contributed by atoms with Crippen molar-refractivity contribution in [3.05, 3.63) is 23.3 Å². The molecule has 0 spiro atoms. The summed E-state index contributed by atoms with van der Waals surface area (Å²) >= 11 is 1.26. The number of allylic oxidation sites excluding steroid dienone is 2. The monoisotopic (exact) mass is 157 g/mol. The summed E-state index contributed by atoms with van der Waals surface area (Å²) < 4.78 is 5.29. The molecule has 2 nitrogen and oxygen atoms in total. The van der Waals surface area contributed by atoms with Gasteiger partial charge in [-0.3, -0.25) is 5.14 Å². The number of ether oxygens (including phenoxy) is 1. The Kier molecular flexibility index (Phi) is 2.83. The van der Waals surface area contributed by atoms with Gasteiger partial charge in [-0.25, -0.2) is 0 Å². The Morgan fingerprint density at radius 2 is 2.50 bits per heavy atom. The van der Waals surface area contributed by atoms with Crippen molar-refractivity contribution in [1.29, 1.82) is 0 Å². The van der Waals surface area contributed by atoms with Gasteiger partial charge in [-0.05, 0) is 30.9 Å². The van der Waals surface area contributed by atoms with Crippen LogP contribution in [0.1, 0.15) is 12.8 Å². The fourth-order valence-corrected chi connectivity index (χ4v) is 1.43. The van der Waals surface area contributed by atoms with Gasteiger partial charge in [-0.15, -0.1) is 0 Å². The van der Waals surface area contributed by atoms with Crippen LogP contribution in [0, 0.1) is 0 Å². The van der Waals surface area contributed by atoms with Crippen LogP contribution in [0.5, 0.6) is 0 Å². The van der Waals surface area contributed by atoms with Gasteiger partial charge in [0.05, 0.1) is 6.61 Å². The molecule has 0 bridgehead atoms. The Labute approximate surface area is 65.3 Å². The van der Waals surface area contributed by atoms with Gasteiger partial charge in [0, 0.05) is 4.91 Å². The molecule has 0 unspecified atom stereocenters. The molecular weight excluding hydrogens is 146 g/mol. The highest BCUT2D eigenvalue weighted by Gasteiger charge is 2.09. The normalized spacial score (nSPS) is 18.5. The second kappa shape index (κ2) is 3.68. The molecule has 1 rings (SSSR count). The SMILES string of the molecule is C=CC1=C(SN)CCCO1. The molecule has 56 valence electrons. The van der Waals surface area contributed by atoms with Crippen molar-refractivity contribution in [2.24, 2.45) is 5.14 Å². The highest BCUT2D eigenvalue weighted by atomic mass is 32.2.